The number of para-hydroxylation sites is 1. The largest absolute Gasteiger partial charge is 0.488 e. The molecule has 32 heavy (non-hydrogen) atoms. The SMILES string of the molecule is N#C/C(=C\c1ccccc1OCc1cccc(C(F)(F)F)c1)S(=O)(=O)c1ccc(Cl)cc1. The quantitative estimate of drug-likeness (QED) is 0.392. The summed E-state index contributed by atoms with van der Waals surface area (Å²) in [6.07, 6.45) is -3.32. The number of hydrogen-bond acceptors (Lipinski definition) is 4. The van der Waals surface area contributed by atoms with Gasteiger partial charge in [-0.25, -0.2) is 8.42 Å². The van der Waals surface area contributed by atoms with E-state index in [1.54, 1.807) is 18.2 Å². The number of ether oxygens (including phenoxy) is 1. The Morgan fingerprint density at radius 2 is 1.72 bits per heavy atom. The third-order valence-corrected chi connectivity index (χ3v) is 6.31. The first-order valence-electron chi connectivity index (χ1n) is 9.11. The van der Waals surface area contributed by atoms with Crippen molar-refractivity contribution in [3.05, 3.63) is 99.4 Å². The highest BCUT2D eigenvalue weighted by molar-refractivity contribution is 7.95. The average molecular weight is 478 g/mol. The molecule has 0 bridgehead atoms. The fourth-order valence-corrected chi connectivity index (χ4v) is 4.06. The molecule has 0 heterocycles. The Morgan fingerprint density at radius 3 is 2.38 bits per heavy atom. The number of alkyl halides is 3. The minimum absolute atomic E-state index is 0.0999. The number of benzene rings is 3. The van der Waals surface area contributed by atoms with Crippen LogP contribution in [0.1, 0.15) is 16.7 Å². The second-order valence-electron chi connectivity index (χ2n) is 6.60. The second kappa shape index (κ2) is 9.47. The summed E-state index contributed by atoms with van der Waals surface area (Å²) in [5.41, 5.74) is -0.228. The van der Waals surface area contributed by atoms with E-state index in [4.69, 9.17) is 16.3 Å². The van der Waals surface area contributed by atoms with E-state index in [1.807, 2.05) is 0 Å². The van der Waals surface area contributed by atoms with Crippen molar-refractivity contribution in [2.24, 2.45) is 0 Å². The van der Waals surface area contributed by atoms with Crippen LogP contribution in [-0.2, 0) is 22.6 Å². The predicted octanol–water partition coefficient (Wildman–Crippen LogP) is 6.28. The maximum absolute atomic E-state index is 12.9. The van der Waals surface area contributed by atoms with Gasteiger partial charge in [0.25, 0.3) is 0 Å². The topological polar surface area (TPSA) is 67.2 Å². The van der Waals surface area contributed by atoms with Gasteiger partial charge in [0, 0.05) is 10.6 Å². The van der Waals surface area contributed by atoms with Crippen LogP contribution < -0.4 is 4.74 Å². The van der Waals surface area contributed by atoms with E-state index in [0.29, 0.717) is 5.02 Å². The lowest BCUT2D eigenvalue weighted by Crippen LogP contribution is -2.06. The van der Waals surface area contributed by atoms with Crippen LogP contribution >= 0.6 is 11.6 Å². The van der Waals surface area contributed by atoms with Crippen LogP contribution in [0.4, 0.5) is 13.2 Å². The van der Waals surface area contributed by atoms with Crippen molar-refractivity contribution in [1.29, 1.82) is 5.26 Å². The van der Waals surface area contributed by atoms with Crippen molar-refractivity contribution < 1.29 is 26.3 Å². The monoisotopic (exact) mass is 477 g/mol. The summed E-state index contributed by atoms with van der Waals surface area (Å²) in [5.74, 6) is 0.212. The molecule has 0 fully saturated rings. The van der Waals surface area contributed by atoms with Crippen molar-refractivity contribution >= 4 is 27.5 Å². The highest BCUT2D eigenvalue weighted by Crippen LogP contribution is 2.30. The number of allylic oxidation sites excluding steroid dienone is 1. The summed E-state index contributed by atoms with van der Waals surface area (Å²) >= 11 is 5.79. The average Bonchev–Trinajstić information content (AvgIpc) is 2.76. The molecule has 0 aliphatic heterocycles. The molecular weight excluding hydrogens is 463 g/mol. The molecule has 9 heteroatoms. The minimum atomic E-state index is -4.48. The Bertz CT molecular complexity index is 1300. The molecule has 0 aliphatic carbocycles. The third-order valence-electron chi connectivity index (χ3n) is 4.38. The Hall–Kier alpha value is -3.28. The molecule has 0 spiro atoms. The van der Waals surface area contributed by atoms with Gasteiger partial charge in [0.2, 0.25) is 9.84 Å². The number of sulfone groups is 1. The highest BCUT2D eigenvalue weighted by Gasteiger charge is 2.30. The number of nitriles is 1. The first-order valence-corrected chi connectivity index (χ1v) is 11.0. The Labute approximate surface area is 188 Å². The van der Waals surface area contributed by atoms with E-state index in [0.717, 1.165) is 18.2 Å². The van der Waals surface area contributed by atoms with E-state index in [-0.39, 0.29) is 28.4 Å². The fraction of sp³-hybridized carbons (Fsp3) is 0.0870. The molecule has 0 aromatic heterocycles. The summed E-state index contributed by atoms with van der Waals surface area (Å²) in [6.45, 7) is -0.180. The zero-order chi connectivity index (χ0) is 23.4. The van der Waals surface area contributed by atoms with Gasteiger partial charge in [-0.1, -0.05) is 41.9 Å². The number of nitrogens with zero attached hydrogens (tertiary/aromatic N) is 1. The van der Waals surface area contributed by atoms with Crippen molar-refractivity contribution in [3.8, 4) is 11.8 Å². The van der Waals surface area contributed by atoms with Crippen LogP contribution in [0.2, 0.25) is 5.02 Å². The first-order chi connectivity index (χ1) is 15.1. The lowest BCUT2D eigenvalue weighted by atomic mass is 10.1. The minimum Gasteiger partial charge on any atom is -0.488 e. The Balaban J connectivity index is 1.90. The van der Waals surface area contributed by atoms with Gasteiger partial charge in [-0.3, -0.25) is 0 Å². The summed E-state index contributed by atoms with van der Waals surface area (Å²) < 4.78 is 70.0. The zero-order valence-electron chi connectivity index (χ0n) is 16.3. The molecule has 0 saturated carbocycles. The number of hydrogen-bond donors (Lipinski definition) is 0. The van der Waals surface area contributed by atoms with Gasteiger partial charge in [0.1, 0.15) is 23.3 Å². The van der Waals surface area contributed by atoms with Gasteiger partial charge in [-0.2, -0.15) is 18.4 Å². The lowest BCUT2D eigenvalue weighted by Gasteiger charge is -2.12. The Kier molecular flexibility index (Phi) is 6.92. The van der Waals surface area contributed by atoms with Gasteiger partial charge in [-0.15, -0.1) is 0 Å². The van der Waals surface area contributed by atoms with Crippen molar-refractivity contribution in [3.63, 3.8) is 0 Å². The first kappa shape index (κ1) is 23.4. The van der Waals surface area contributed by atoms with Gasteiger partial charge in [0.05, 0.1) is 10.5 Å². The van der Waals surface area contributed by atoms with Gasteiger partial charge >= 0.3 is 6.18 Å². The molecule has 0 saturated heterocycles. The molecule has 3 aromatic rings. The molecule has 0 radical (unpaired) electrons. The normalized spacial score (nSPS) is 12.3. The van der Waals surface area contributed by atoms with Crippen LogP contribution in [0.25, 0.3) is 6.08 Å². The highest BCUT2D eigenvalue weighted by atomic mass is 35.5. The van der Waals surface area contributed by atoms with Crippen LogP contribution in [0.3, 0.4) is 0 Å². The van der Waals surface area contributed by atoms with Gasteiger partial charge < -0.3 is 4.74 Å². The van der Waals surface area contributed by atoms with Crippen LogP contribution in [0.5, 0.6) is 5.75 Å². The van der Waals surface area contributed by atoms with Crippen molar-refractivity contribution in [2.75, 3.05) is 0 Å². The molecular formula is C23H15ClF3NO3S. The molecule has 0 N–H and O–H groups in total. The molecule has 0 aliphatic rings. The summed E-state index contributed by atoms with van der Waals surface area (Å²) in [5, 5.41) is 9.82. The van der Waals surface area contributed by atoms with E-state index in [9.17, 15) is 26.9 Å². The molecule has 164 valence electrons. The second-order valence-corrected chi connectivity index (χ2v) is 8.96. The third kappa shape index (κ3) is 5.49. The van der Waals surface area contributed by atoms with Crippen LogP contribution in [0.15, 0.2) is 82.6 Å². The smallest absolute Gasteiger partial charge is 0.416 e. The standard InChI is InChI=1S/C23H15ClF3NO3S/c24-19-8-10-20(11-9-19)32(29,30)21(14-28)13-17-5-1-2-7-22(17)31-15-16-4-3-6-18(12-16)23(25,26)27/h1-13H,15H2/b21-13+. The lowest BCUT2D eigenvalue weighted by molar-refractivity contribution is -0.137. The van der Waals surface area contributed by atoms with Crippen LogP contribution in [0, 0.1) is 11.3 Å². The van der Waals surface area contributed by atoms with E-state index >= 15 is 0 Å². The Morgan fingerprint density at radius 1 is 1.03 bits per heavy atom. The fourth-order valence-electron chi connectivity index (χ4n) is 2.78. The maximum Gasteiger partial charge on any atom is 0.416 e. The summed E-state index contributed by atoms with van der Waals surface area (Å²) in [4.78, 5) is -0.619. The van der Waals surface area contributed by atoms with Crippen molar-refractivity contribution in [2.45, 2.75) is 17.7 Å². The van der Waals surface area contributed by atoms with Gasteiger partial charge in [-0.05, 0) is 54.1 Å². The van der Waals surface area contributed by atoms with Crippen molar-refractivity contribution in [1.82, 2.24) is 0 Å². The maximum atomic E-state index is 12.9. The molecule has 0 unspecified atom stereocenters. The molecule has 3 aromatic carbocycles. The number of rotatable bonds is 6. The molecule has 4 nitrogen and oxygen atoms in total. The van der Waals surface area contributed by atoms with Gasteiger partial charge in [0.15, 0.2) is 0 Å². The van der Waals surface area contributed by atoms with Crippen LogP contribution in [-0.4, -0.2) is 8.42 Å². The summed E-state index contributed by atoms with van der Waals surface area (Å²) in [6, 6.07) is 18.1. The van der Waals surface area contributed by atoms with E-state index in [2.05, 4.69) is 0 Å². The number of halogens is 4. The zero-order valence-corrected chi connectivity index (χ0v) is 17.9. The molecule has 3 rings (SSSR count). The molecule has 0 atom stereocenters. The van der Waals surface area contributed by atoms with E-state index < -0.39 is 26.5 Å². The molecule has 0 amide bonds. The predicted molar refractivity (Wildman–Crippen MR) is 114 cm³/mol. The summed E-state index contributed by atoms with van der Waals surface area (Å²) in [7, 11) is -4.11. The van der Waals surface area contributed by atoms with E-state index in [1.165, 1.54) is 48.5 Å².